The lowest BCUT2D eigenvalue weighted by Crippen LogP contribution is -2.18. The van der Waals surface area contributed by atoms with Crippen LogP contribution in [0.5, 0.6) is 0 Å². The maximum absolute atomic E-state index is 13.3. The van der Waals surface area contributed by atoms with Gasteiger partial charge in [0.05, 0.1) is 11.2 Å². The van der Waals surface area contributed by atoms with Crippen LogP contribution in [-0.2, 0) is 12.8 Å². The maximum Gasteiger partial charge on any atom is 0.271 e. The van der Waals surface area contributed by atoms with E-state index in [1.807, 2.05) is 11.4 Å². The molecule has 3 aromatic heterocycles. The minimum atomic E-state index is -0.338. The molecule has 1 aromatic carbocycles. The zero-order chi connectivity index (χ0) is 17.4. The van der Waals surface area contributed by atoms with Crippen LogP contribution in [0, 0.1) is 5.82 Å². The third-order valence-electron chi connectivity index (χ3n) is 3.62. The topological polar surface area (TPSA) is 60.9 Å². The molecule has 4 aromatic rings. The van der Waals surface area contributed by atoms with Crippen LogP contribution in [0.1, 0.15) is 5.69 Å². The van der Waals surface area contributed by atoms with Crippen molar-refractivity contribution >= 4 is 33.3 Å². The highest BCUT2D eigenvalue weighted by Gasteiger charge is 2.12. The third-order valence-corrected chi connectivity index (χ3v) is 5.57. The van der Waals surface area contributed by atoms with Crippen molar-refractivity contribution in [1.29, 1.82) is 0 Å². The smallest absolute Gasteiger partial charge is 0.271 e. The van der Waals surface area contributed by atoms with Gasteiger partial charge in [-0.25, -0.2) is 14.4 Å². The molecule has 0 aliphatic rings. The van der Waals surface area contributed by atoms with Crippen LogP contribution < -0.4 is 5.56 Å². The van der Waals surface area contributed by atoms with Gasteiger partial charge in [-0.15, -0.1) is 11.3 Å². The van der Waals surface area contributed by atoms with E-state index in [0.29, 0.717) is 38.3 Å². The number of rotatable bonds is 4. The molecule has 0 amide bonds. The van der Waals surface area contributed by atoms with Crippen molar-refractivity contribution in [3.8, 4) is 11.5 Å². The first-order valence-corrected chi connectivity index (χ1v) is 9.26. The summed E-state index contributed by atoms with van der Waals surface area (Å²) in [7, 11) is 1.71. The van der Waals surface area contributed by atoms with Gasteiger partial charge in [-0.2, -0.15) is 0 Å². The number of benzene rings is 1. The predicted octanol–water partition coefficient (Wildman–Crippen LogP) is 4.08. The van der Waals surface area contributed by atoms with Crippen molar-refractivity contribution < 1.29 is 8.81 Å². The lowest BCUT2D eigenvalue weighted by molar-refractivity contribution is 0.571. The molecule has 0 spiro atoms. The summed E-state index contributed by atoms with van der Waals surface area (Å²) in [5, 5.41) is 2.47. The number of hydrogen-bond donors (Lipinski definition) is 0. The quantitative estimate of drug-likeness (QED) is 0.398. The summed E-state index contributed by atoms with van der Waals surface area (Å²) >= 11 is 2.79. The van der Waals surface area contributed by atoms with Crippen LogP contribution in [0.4, 0.5) is 4.39 Å². The molecule has 3 heterocycles. The van der Waals surface area contributed by atoms with Gasteiger partial charge in [0.15, 0.2) is 5.16 Å². The number of halogens is 1. The van der Waals surface area contributed by atoms with E-state index >= 15 is 0 Å². The summed E-state index contributed by atoms with van der Waals surface area (Å²) in [5.74, 6) is 0.523. The highest BCUT2D eigenvalue weighted by atomic mass is 32.2. The third kappa shape index (κ3) is 3.10. The molecule has 0 N–H and O–H groups in total. The molecule has 0 radical (unpaired) electrons. The molecule has 0 bridgehead atoms. The van der Waals surface area contributed by atoms with Crippen LogP contribution in [0.3, 0.4) is 0 Å². The minimum absolute atomic E-state index is 0.0527. The fourth-order valence-corrected chi connectivity index (χ4v) is 4.02. The van der Waals surface area contributed by atoms with E-state index in [1.165, 1.54) is 46.1 Å². The van der Waals surface area contributed by atoms with Crippen LogP contribution in [0.2, 0.25) is 0 Å². The van der Waals surface area contributed by atoms with E-state index in [2.05, 4.69) is 9.97 Å². The normalized spacial score (nSPS) is 11.3. The van der Waals surface area contributed by atoms with Crippen molar-refractivity contribution in [1.82, 2.24) is 14.5 Å². The fraction of sp³-hybridized carbons (Fsp3) is 0.118. The van der Waals surface area contributed by atoms with Gasteiger partial charge in [-0.05, 0) is 29.6 Å². The molecular weight excluding hydrogens is 361 g/mol. The molecule has 5 nitrogen and oxygen atoms in total. The van der Waals surface area contributed by atoms with Crippen LogP contribution in [0.25, 0.3) is 21.7 Å². The Morgan fingerprint density at radius 1 is 1.32 bits per heavy atom. The summed E-state index contributed by atoms with van der Waals surface area (Å²) in [6.07, 6.45) is 1.54. The molecule has 0 aliphatic carbocycles. The Morgan fingerprint density at radius 2 is 2.20 bits per heavy atom. The SMILES string of the molecule is Cn1c(SCc2coc(-c3cccc(F)c3)n2)nc2ccsc2c1=O. The van der Waals surface area contributed by atoms with Crippen LogP contribution in [0.15, 0.2) is 56.3 Å². The van der Waals surface area contributed by atoms with Crippen molar-refractivity contribution in [3.63, 3.8) is 0 Å². The summed E-state index contributed by atoms with van der Waals surface area (Å²) in [4.78, 5) is 21.2. The average Bonchev–Trinajstić information content (AvgIpc) is 3.26. The molecule has 0 fully saturated rings. The molecule has 0 aliphatic heterocycles. The van der Waals surface area contributed by atoms with Gasteiger partial charge in [0.2, 0.25) is 5.89 Å². The largest absolute Gasteiger partial charge is 0.444 e. The number of fused-ring (bicyclic) bond motifs is 1. The summed E-state index contributed by atoms with van der Waals surface area (Å²) in [6.45, 7) is 0. The molecule has 0 unspecified atom stereocenters. The average molecular weight is 373 g/mol. The highest BCUT2D eigenvalue weighted by Crippen LogP contribution is 2.25. The Hall–Kier alpha value is -2.45. The fourth-order valence-electron chi connectivity index (χ4n) is 2.36. The first kappa shape index (κ1) is 16.0. The Kier molecular flexibility index (Phi) is 4.14. The second-order valence-corrected chi connectivity index (χ2v) is 7.20. The van der Waals surface area contributed by atoms with Crippen LogP contribution in [-0.4, -0.2) is 14.5 Å². The number of hydrogen-bond acceptors (Lipinski definition) is 6. The van der Waals surface area contributed by atoms with Gasteiger partial charge in [0.1, 0.15) is 16.8 Å². The Bertz CT molecular complexity index is 1120. The molecule has 0 atom stereocenters. The lowest BCUT2D eigenvalue weighted by Gasteiger charge is -2.05. The molecule has 126 valence electrons. The van der Waals surface area contributed by atoms with Gasteiger partial charge in [-0.3, -0.25) is 9.36 Å². The number of thioether (sulfide) groups is 1. The molecule has 25 heavy (non-hydrogen) atoms. The zero-order valence-corrected chi connectivity index (χ0v) is 14.7. The van der Waals surface area contributed by atoms with E-state index in [9.17, 15) is 9.18 Å². The van der Waals surface area contributed by atoms with Gasteiger partial charge >= 0.3 is 0 Å². The van der Waals surface area contributed by atoms with Crippen LogP contribution >= 0.6 is 23.1 Å². The molecular formula is C17H12FN3O2S2. The van der Waals surface area contributed by atoms with E-state index < -0.39 is 0 Å². The van der Waals surface area contributed by atoms with Gasteiger partial charge < -0.3 is 4.42 Å². The number of aromatic nitrogens is 3. The predicted molar refractivity (Wildman–Crippen MR) is 96.3 cm³/mol. The highest BCUT2D eigenvalue weighted by molar-refractivity contribution is 7.98. The maximum atomic E-state index is 13.3. The number of oxazole rings is 1. The van der Waals surface area contributed by atoms with Gasteiger partial charge in [0, 0.05) is 18.4 Å². The molecule has 0 saturated heterocycles. The summed E-state index contributed by atoms with van der Waals surface area (Å²) < 4.78 is 20.9. The zero-order valence-electron chi connectivity index (χ0n) is 13.1. The molecule has 8 heteroatoms. The summed E-state index contributed by atoms with van der Waals surface area (Å²) in [5.41, 5.74) is 1.93. The monoisotopic (exact) mass is 373 g/mol. The van der Waals surface area contributed by atoms with E-state index in [1.54, 1.807) is 19.2 Å². The van der Waals surface area contributed by atoms with Crippen molar-refractivity contribution in [3.05, 3.63) is 63.8 Å². The second-order valence-electron chi connectivity index (χ2n) is 5.34. The second kappa shape index (κ2) is 6.45. The minimum Gasteiger partial charge on any atom is -0.444 e. The van der Waals surface area contributed by atoms with Gasteiger partial charge in [-0.1, -0.05) is 17.8 Å². The van der Waals surface area contributed by atoms with E-state index in [-0.39, 0.29) is 11.4 Å². The molecule has 0 saturated carbocycles. The lowest BCUT2D eigenvalue weighted by atomic mass is 10.2. The number of nitrogens with zero attached hydrogens (tertiary/aromatic N) is 3. The van der Waals surface area contributed by atoms with E-state index in [0.717, 1.165) is 0 Å². The summed E-state index contributed by atoms with van der Waals surface area (Å²) in [6, 6.07) is 7.93. The Balaban J connectivity index is 1.56. The Labute approximate surface area is 150 Å². The Morgan fingerprint density at radius 3 is 3.04 bits per heavy atom. The molecule has 4 rings (SSSR count). The first-order valence-electron chi connectivity index (χ1n) is 7.39. The standard InChI is InChI=1S/C17H12FN3O2S2/c1-21-16(22)14-13(5-6-24-14)20-17(21)25-9-12-8-23-15(19-12)10-3-2-4-11(18)7-10/h2-8H,9H2,1H3. The number of thiophene rings is 1. The first-order chi connectivity index (χ1) is 12.1. The van der Waals surface area contributed by atoms with Crippen molar-refractivity contribution in [2.24, 2.45) is 7.05 Å². The van der Waals surface area contributed by atoms with Gasteiger partial charge in [0.25, 0.3) is 5.56 Å². The van der Waals surface area contributed by atoms with Crippen molar-refractivity contribution in [2.45, 2.75) is 10.9 Å². The van der Waals surface area contributed by atoms with Crippen molar-refractivity contribution in [2.75, 3.05) is 0 Å². The van der Waals surface area contributed by atoms with E-state index in [4.69, 9.17) is 4.42 Å².